The molecule has 0 fully saturated rings. The Morgan fingerprint density at radius 1 is 1.29 bits per heavy atom. The first-order valence-electron chi connectivity index (χ1n) is 7.46. The fourth-order valence-electron chi connectivity index (χ4n) is 2.01. The molecule has 0 saturated heterocycles. The Balaban J connectivity index is 2.45. The molecule has 1 rings (SSSR count). The van der Waals surface area contributed by atoms with E-state index in [9.17, 15) is 9.59 Å². The van der Waals surface area contributed by atoms with Crippen LogP contribution in [0, 0.1) is 12.8 Å². The van der Waals surface area contributed by atoms with Crippen molar-refractivity contribution in [2.75, 3.05) is 13.1 Å². The predicted molar refractivity (Wildman–Crippen MR) is 84.7 cm³/mol. The molecule has 0 aliphatic carbocycles. The standard InChI is InChI=1S/C17H26N2O2/c1-13(2)8-9-19(15(4)20)12-17(21)18-11-16-7-5-6-14(3)10-16/h5-7,10,13H,8-9,11-12H2,1-4H3,(H,18,21). The number of amides is 2. The molecule has 21 heavy (non-hydrogen) atoms. The van der Waals surface area contributed by atoms with Gasteiger partial charge in [-0.05, 0) is 24.8 Å². The number of aryl methyl sites for hydroxylation is 1. The summed E-state index contributed by atoms with van der Waals surface area (Å²) in [7, 11) is 0. The largest absolute Gasteiger partial charge is 0.350 e. The van der Waals surface area contributed by atoms with E-state index in [1.165, 1.54) is 12.5 Å². The lowest BCUT2D eigenvalue weighted by molar-refractivity contribution is -0.134. The highest BCUT2D eigenvalue weighted by atomic mass is 16.2. The van der Waals surface area contributed by atoms with Gasteiger partial charge in [-0.2, -0.15) is 0 Å². The second-order valence-corrected chi connectivity index (χ2v) is 5.89. The topological polar surface area (TPSA) is 49.4 Å². The SMILES string of the molecule is CC(=O)N(CCC(C)C)CC(=O)NCc1cccc(C)c1. The zero-order valence-corrected chi connectivity index (χ0v) is 13.5. The second-order valence-electron chi connectivity index (χ2n) is 5.89. The number of benzene rings is 1. The van der Waals surface area contributed by atoms with Crippen molar-refractivity contribution in [1.29, 1.82) is 0 Å². The van der Waals surface area contributed by atoms with Crippen LogP contribution in [-0.4, -0.2) is 29.8 Å². The van der Waals surface area contributed by atoms with Crippen molar-refractivity contribution in [3.05, 3.63) is 35.4 Å². The lowest BCUT2D eigenvalue weighted by atomic mass is 10.1. The Morgan fingerprint density at radius 3 is 2.57 bits per heavy atom. The maximum Gasteiger partial charge on any atom is 0.239 e. The van der Waals surface area contributed by atoms with Crippen molar-refractivity contribution in [2.45, 2.75) is 40.7 Å². The van der Waals surface area contributed by atoms with Gasteiger partial charge in [0.15, 0.2) is 0 Å². The molecule has 0 saturated carbocycles. The zero-order valence-electron chi connectivity index (χ0n) is 13.5. The van der Waals surface area contributed by atoms with Crippen LogP contribution in [0.25, 0.3) is 0 Å². The molecule has 1 aromatic carbocycles. The monoisotopic (exact) mass is 290 g/mol. The van der Waals surface area contributed by atoms with Gasteiger partial charge in [0.05, 0.1) is 6.54 Å². The average Bonchev–Trinajstić information content (AvgIpc) is 2.40. The molecule has 0 unspecified atom stereocenters. The minimum Gasteiger partial charge on any atom is -0.350 e. The predicted octanol–water partition coefficient (Wildman–Crippen LogP) is 2.51. The summed E-state index contributed by atoms with van der Waals surface area (Å²) in [6, 6.07) is 8.02. The molecule has 0 atom stereocenters. The first-order valence-corrected chi connectivity index (χ1v) is 7.46. The highest BCUT2D eigenvalue weighted by Crippen LogP contribution is 2.04. The van der Waals surface area contributed by atoms with Crippen LogP contribution in [0.1, 0.15) is 38.3 Å². The Kier molecular flexibility index (Phi) is 6.92. The average molecular weight is 290 g/mol. The number of nitrogens with one attached hydrogen (secondary N) is 1. The van der Waals surface area contributed by atoms with Gasteiger partial charge in [-0.3, -0.25) is 9.59 Å². The van der Waals surface area contributed by atoms with E-state index in [1.54, 1.807) is 4.90 Å². The van der Waals surface area contributed by atoms with Crippen LogP contribution in [0.3, 0.4) is 0 Å². The normalized spacial score (nSPS) is 10.5. The molecule has 0 spiro atoms. The van der Waals surface area contributed by atoms with Crippen molar-refractivity contribution in [1.82, 2.24) is 10.2 Å². The fourth-order valence-corrected chi connectivity index (χ4v) is 2.01. The van der Waals surface area contributed by atoms with Crippen LogP contribution in [0.15, 0.2) is 24.3 Å². The first kappa shape index (κ1) is 17.2. The molecule has 4 nitrogen and oxygen atoms in total. The maximum absolute atomic E-state index is 12.0. The van der Waals surface area contributed by atoms with Gasteiger partial charge in [-0.25, -0.2) is 0 Å². The number of hydrogen-bond donors (Lipinski definition) is 1. The summed E-state index contributed by atoms with van der Waals surface area (Å²) in [5, 5.41) is 2.87. The Bertz CT molecular complexity index is 483. The van der Waals surface area contributed by atoms with E-state index in [1.807, 2.05) is 31.2 Å². The Hall–Kier alpha value is -1.84. The number of carbonyl (C=O) groups is 2. The van der Waals surface area contributed by atoms with Crippen molar-refractivity contribution in [3.8, 4) is 0 Å². The first-order chi connectivity index (χ1) is 9.88. The minimum absolute atomic E-state index is 0.0543. The van der Waals surface area contributed by atoms with Crippen LogP contribution in [0.4, 0.5) is 0 Å². The molecule has 1 aromatic rings. The molecule has 4 heteroatoms. The molecular weight excluding hydrogens is 264 g/mol. The van der Waals surface area contributed by atoms with E-state index in [0.29, 0.717) is 19.0 Å². The van der Waals surface area contributed by atoms with Gasteiger partial charge in [-0.15, -0.1) is 0 Å². The molecule has 2 amide bonds. The van der Waals surface area contributed by atoms with Crippen LogP contribution in [0.5, 0.6) is 0 Å². The maximum atomic E-state index is 12.0. The highest BCUT2D eigenvalue weighted by molar-refractivity contribution is 5.83. The van der Waals surface area contributed by atoms with Gasteiger partial charge in [0, 0.05) is 20.0 Å². The van der Waals surface area contributed by atoms with Gasteiger partial charge in [0.1, 0.15) is 0 Å². The van der Waals surface area contributed by atoms with Crippen molar-refractivity contribution < 1.29 is 9.59 Å². The van der Waals surface area contributed by atoms with E-state index in [-0.39, 0.29) is 18.4 Å². The summed E-state index contributed by atoms with van der Waals surface area (Å²) in [5.74, 6) is 0.346. The Labute approximate surface area is 127 Å². The van der Waals surface area contributed by atoms with E-state index in [0.717, 1.165) is 12.0 Å². The molecule has 0 radical (unpaired) electrons. The van der Waals surface area contributed by atoms with Crippen molar-refractivity contribution in [2.24, 2.45) is 5.92 Å². The quantitative estimate of drug-likeness (QED) is 0.839. The van der Waals surface area contributed by atoms with Gasteiger partial charge < -0.3 is 10.2 Å². The molecule has 0 bridgehead atoms. The van der Waals surface area contributed by atoms with Crippen LogP contribution < -0.4 is 5.32 Å². The van der Waals surface area contributed by atoms with E-state index >= 15 is 0 Å². The highest BCUT2D eigenvalue weighted by Gasteiger charge is 2.13. The summed E-state index contributed by atoms with van der Waals surface area (Å²) in [6.45, 7) is 9.00. The number of carbonyl (C=O) groups excluding carboxylic acids is 2. The smallest absolute Gasteiger partial charge is 0.239 e. The third-order valence-corrected chi connectivity index (χ3v) is 3.33. The fraction of sp³-hybridized carbons (Fsp3) is 0.529. The van der Waals surface area contributed by atoms with Gasteiger partial charge in [0.25, 0.3) is 0 Å². The van der Waals surface area contributed by atoms with Gasteiger partial charge in [0.2, 0.25) is 11.8 Å². The number of rotatable bonds is 7. The lowest BCUT2D eigenvalue weighted by Crippen LogP contribution is -2.40. The summed E-state index contributed by atoms with van der Waals surface area (Å²) >= 11 is 0. The van der Waals surface area contributed by atoms with E-state index in [2.05, 4.69) is 19.2 Å². The summed E-state index contributed by atoms with van der Waals surface area (Å²) in [4.78, 5) is 25.1. The molecular formula is C17H26N2O2. The van der Waals surface area contributed by atoms with E-state index < -0.39 is 0 Å². The van der Waals surface area contributed by atoms with Crippen LogP contribution in [-0.2, 0) is 16.1 Å². The number of hydrogen-bond acceptors (Lipinski definition) is 2. The second kappa shape index (κ2) is 8.45. The molecule has 116 valence electrons. The summed E-state index contributed by atoms with van der Waals surface area (Å²) in [6.07, 6.45) is 0.907. The molecule has 0 aromatic heterocycles. The van der Waals surface area contributed by atoms with E-state index in [4.69, 9.17) is 0 Å². The molecule has 0 aliphatic rings. The van der Waals surface area contributed by atoms with Crippen molar-refractivity contribution >= 4 is 11.8 Å². The van der Waals surface area contributed by atoms with Crippen LogP contribution >= 0.6 is 0 Å². The third kappa shape index (κ3) is 6.93. The lowest BCUT2D eigenvalue weighted by Gasteiger charge is -2.21. The van der Waals surface area contributed by atoms with Crippen molar-refractivity contribution in [3.63, 3.8) is 0 Å². The summed E-state index contributed by atoms with van der Waals surface area (Å²) < 4.78 is 0. The third-order valence-electron chi connectivity index (χ3n) is 3.33. The summed E-state index contributed by atoms with van der Waals surface area (Å²) in [5.41, 5.74) is 2.24. The minimum atomic E-state index is -0.115. The molecule has 1 N–H and O–H groups in total. The molecule has 0 heterocycles. The van der Waals surface area contributed by atoms with Gasteiger partial charge in [-0.1, -0.05) is 43.7 Å². The number of nitrogens with zero attached hydrogens (tertiary/aromatic N) is 1. The molecule has 0 aliphatic heterocycles. The van der Waals surface area contributed by atoms with Gasteiger partial charge >= 0.3 is 0 Å². The Morgan fingerprint density at radius 2 is 2.00 bits per heavy atom. The van der Waals surface area contributed by atoms with Crippen LogP contribution in [0.2, 0.25) is 0 Å². The zero-order chi connectivity index (χ0) is 15.8.